The van der Waals surface area contributed by atoms with Crippen LogP contribution >= 0.6 is 0 Å². The third kappa shape index (κ3) is 3.81. The third-order valence-corrected chi connectivity index (χ3v) is 3.47. The van der Waals surface area contributed by atoms with Crippen LogP contribution in [0.1, 0.15) is 35.7 Å². The number of carboxylic acid groups (broad SMARTS) is 1. The van der Waals surface area contributed by atoms with Crippen LogP contribution < -0.4 is 0 Å². The predicted octanol–water partition coefficient (Wildman–Crippen LogP) is 2.19. The first-order valence-electron chi connectivity index (χ1n) is 6.70. The van der Waals surface area contributed by atoms with Crippen LogP contribution in [0.5, 0.6) is 0 Å². The number of nitrogens with zero attached hydrogens (tertiary/aromatic N) is 1. The maximum absolute atomic E-state index is 12.1. The van der Waals surface area contributed by atoms with E-state index >= 15 is 0 Å². The summed E-state index contributed by atoms with van der Waals surface area (Å²) in [7, 11) is 0. The summed E-state index contributed by atoms with van der Waals surface area (Å²) in [6.45, 7) is 3.60. The molecule has 1 fully saturated rings. The number of benzene rings is 1. The average Bonchev–Trinajstić information content (AvgIpc) is 3.20. The number of hydrogen-bond donors (Lipinski definition) is 1. The summed E-state index contributed by atoms with van der Waals surface area (Å²) in [4.78, 5) is 24.8. The van der Waals surface area contributed by atoms with Crippen LogP contribution in [0.25, 0.3) is 0 Å². The Morgan fingerprint density at radius 2 is 1.89 bits per heavy atom. The van der Waals surface area contributed by atoms with E-state index in [9.17, 15) is 9.59 Å². The minimum absolute atomic E-state index is 0.123. The topological polar surface area (TPSA) is 57.6 Å². The largest absolute Gasteiger partial charge is 0.478 e. The number of rotatable bonds is 6. The van der Waals surface area contributed by atoms with Gasteiger partial charge in [0.1, 0.15) is 0 Å². The number of hydrogen-bond acceptors (Lipinski definition) is 2. The Kier molecular flexibility index (Phi) is 4.20. The average molecular weight is 261 g/mol. The molecular formula is C15H19NO3. The lowest BCUT2D eigenvalue weighted by atomic mass is 10.1. The van der Waals surface area contributed by atoms with E-state index in [1.54, 1.807) is 24.3 Å². The number of likely N-dealkylation sites (N-methyl/N-ethyl adjacent to an activating group) is 1. The second-order valence-corrected chi connectivity index (χ2v) is 5.05. The molecule has 0 unspecified atom stereocenters. The van der Waals surface area contributed by atoms with Gasteiger partial charge in [0.15, 0.2) is 0 Å². The van der Waals surface area contributed by atoms with Gasteiger partial charge in [0.2, 0.25) is 5.91 Å². The highest BCUT2D eigenvalue weighted by Gasteiger charge is 2.25. The summed E-state index contributed by atoms with van der Waals surface area (Å²) < 4.78 is 0. The normalized spacial score (nSPS) is 14.2. The summed E-state index contributed by atoms with van der Waals surface area (Å²) in [6.07, 6.45) is 2.81. The fraction of sp³-hybridized carbons (Fsp3) is 0.467. The van der Waals surface area contributed by atoms with Gasteiger partial charge in [-0.3, -0.25) is 4.79 Å². The minimum Gasteiger partial charge on any atom is -0.478 e. The van der Waals surface area contributed by atoms with E-state index < -0.39 is 5.97 Å². The maximum atomic E-state index is 12.1. The van der Waals surface area contributed by atoms with Gasteiger partial charge < -0.3 is 10.0 Å². The van der Waals surface area contributed by atoms with Gasteiger partial charge in [0.25, 0.3) is 0 Å². The van der Waals surface area contributed by atoms with Gasteiger partial charge in [-0.25, -0.2) is 4.79 Å². The molecule has 4 heteroatoms. The molecule has 0 bridgehead atoms. The smallest absolute Gasteiger partial charge is 0.335 e. The summed E-state index contributed by atoms with van der Waals surface area (Å²) >= 11 is 0. The van der Waals surface area contributed by atoms with Gasteiger partial charge in [0, 0.05) is 13.1 Å². The molecule has 0 saturated heterocycles. The van der Waals surface area contributed by atoms with E-state index in [1.165, 1.54) is 12.8 Å². The summed E-state index contributed by atoms with van der Waals surface area (Å²) in [5, 5.41) is 8.81. The molecular weight excluding hydrogens is 242 g/mol. The lowest BCUT2D eigenvalue weighted by molar-refractivity contribution is -0.130. The Bertz CT molecular complexity index is 463. The number of carbonyl (C=O) groups is 2. The Labute approximate surface area is 113 Å². The first-order valence-corrected chi connectivity index (χ1v) is 6.70. The highest BCUT2D eigenvalue weighted by Crippen LogP contribution is 2.29. The molecule has 0 radical (unpaired) electrons. The van der Waals surface area contributed by atoms with Crippen molar-refractivity contribution in [1.82, 2.24) is 4.90 Å². The molecule has 1 aromatic carbocycles. The van der Waals surface area contributed by atoms with Crippen molar-refractivity contribution < 1.29 is 14.7 Å². The third-order valence-electron chi connectivity index (χ3n) is 3.47. The standard InChI is InChI=1S/C15H19NO3/c1-2-16(10-12-3-4-12)14(17)9-11-5-7-13(8-6-11)15(18)19/h5-8,12H,2-4,9-10H2,1H3,(H,18,19). The van der Waals surface area contributed by atoms with Crippen LogP contribution in [0.2, 0.25) is 0 Å². The van der Waals surface area contributed by atoms with Crippen molar-refractivity contribution in [2.75, 3.05) is 13.1 Å². The minimum atomic E-state index is -0.943. The molecule has 0 aliphatic heterocycles. The summed E-state index contributed by atoms with van der Waals surface area (Å²) in [5.74, 6) is -0.127. The van der Waals surface area contributed by atoms with Gasteiger partial charge in [0.05, 0.1) is 12.0 Å². The van der Waals surface area contributed by atoms with E-state index in [1.807, 2.05) is 11.8 Å². The van der Waals surface area contributed by atoms with Gasteiger partial charge in [-0.2, -0.15) is 0 Å². The molecule has 2 rings (SSSR count). The Morgan fingerprint density at radius 3 is 2.37 bits per heavy atom. The van der Waals surface area contributed by atoms with E-state index in [-0.39, 0.29) is 11.5 Å². The Morgan fingerprint density at radius 1 is 1.26 bits per heavy atom. The maximum Gasteiger partial charge on any atom is 0.335 e. The molecule has 102 valence electrons. The van der Waals surface area contributed by atoms with Crippen LogP contribution in [0.15, 0.2) is 24.3 Å². The first kappa shape index (κ1) is 13.6. The van der Waals surface area contributed by atoms with Gasteiger partial charge in [-0.15, -0.1) is 0 Å². The molecule has 1 amide bonds. The van der Waals surface area contributed by atoms with Crippen molar-refractivity contribution in [3.63, 3.8) is 0 Å². The van der Waals surface area contributed by atoms with E-state index in [2.05, 4.69) is 0 Å². The Balaban J connectivity index is 1.94. The van der Waals surface area contributed by atoms with Gasteiger partial charge in [-0.1, -0.05) is 12.1 Å². The summed E-state index contributed by atoms with van der Waals surface area (Å²) in [6, 6.07) is 6.52. The van der Waals surface area contributed by atoms with Gasteiger partial charge in [-0.05, 0) is 43.4 Å². The zero-order chi connectivity index (χ0) is 13.8. The lowest BCUT2D eigenvalue weighted by Crippen LogP contribution is -2.33. The molecule has 4 nitrogen and oxygen atoms in total. The fourth-order valence-corrected chi connectivity index (χ4v) is 2.07. The summed E-state index contributed by atoms with van der Waals surface area (Å²) in [5.41, 5.74) is 1.12. The molecule has 1 saturated carbocycles. The molecule has 1 aromatic rings. The lowest BCUT2D eigenvalue weighted by Gasteiger charge is -2.20. The first-order chi connectivity index (χ1) is 9.10. The van der Waals surface area contributed by atoms with Crippen molar-refractivity contribution in [1.29, 1.82) is 0 Å². The molecule has 1 N–H and O–H groups in total. The number of carbonyl (C=O) groups excluding carboxylic acids is 1. The van der Waals surface area contributed by atoms with Crippen molar-refractivity contribution in [3.05, 3.63) is 35.4 Å². The zero-order valence-corrected chi connectivity index (χ0v) is 11.1. The second kappa shape index (κ2) is 5.87. The zero-order valence-electron chi connectivity index (χ0n) is 11.1. The SMILES string of the molecule is CCN(CC1CC1)C(=O)Cc1ccc(C(=O)O)cc1. The molecule has 0 spiro atoms. The monoisotopic (exact) mass is 261 g/mol. The fourth-order valence-electron chi connectivity index (χ4n) is 2.07. The van der Waals surface area contributed by atoms with Crippen molar-refractivity contribution >= 4 is 11.9 Å². The van der Waals surface area contributed by atoms with E-state index in [0.717, 1.165) is 18.7 Å². The van der Waals surface area contributed by atoms with Crippen LogP contribution in [0.4, 0.5) is 0 Å². The number of carboxylic acids is 1. The Hall–Kier alpha value is -1.84. The molecule has 19 heavy (non-hydrogen) atoms. The predicted molar refractivity (Wildman–Crippen MR) is 72.1 cm³/mol. The van der Waals surface area contributed by atoms with Crippen molar-refractivity contribution in [2.24, 2.45) is 5.92 Å². The highest BCUT2D eigenvalue weighted by molar-refractivity contribution is 5.87. The number of amides is 1. The highest BCUT2D eigenvalue weighted by atomic mass is 16.4. The van der Waals surface area contributed by atoms with Gasteiger partial charge >= 0.3 is 5.97 Å². The second-order valence-electron chi connectivity index (χ2n) is 5.05. The molecule has 0 heterocycles. The number of aromatic carboxylic acids is 1. The van der Waals surface area contributed by atoms with Crippen LogP contribution in [0.3, 0.4) is 0 Å². The van der Waals surface area contributed by atoms with Crippen molar-refractivity contribution in [2.45, 2.75) is 26.2 Å². The van der Waals surface area contributed by atoms with E-state index in [4.69, 9.17) is 5.11 Å². The van der Waals surface area contributed by atoms with E-state index in [0.29, 0.717) is 12.3 Å². The quantitative estimate of drug-likeness (QED) is 0.854. The van der Waals surface area contributed by atoms with Crippen LogP contribution in [-0.2, 0) is 11.2 Å². The van der Waals surface area contributed by atoms with Crippen LogP contribution in [0, 0.1) is 5.92 Å². The molecule has 1 aliphatic carbocycles. The van der Waals surface area contributed by atoms with Crippen LogP contribution in [-0.4, -0.2) is 35.0 Å². The molecule has 0 aromatic heterocycles. The molecule has 1 aliphatic rings. The van der Waals surface area contributed by atoms with Crippen molar-refractivity contribution in [3.8, 4) is 0 Å². The molecule has 0 atom stereocenters.